The first-order valence-corrected chi connectivity index (χ1v) is 7.40. The van der Waals surface area contributed by atoms with Crippen LogP contribution in [0, 0.1) is 5.92 Å². The first-order chi connectivity index (χ1) is 10.2. The largest absolute Gasteiger partial charge is 0.497 e. The van der Waals surface area contributed by atoms with Gasteiger partial charge in [-0.2, -0.15) is 0 Å². The Morgan fingerprint density at radius 3 is 3.10 bits per heavy atom. The number of carbonyl (C=O) groups excluding carboxylic acids is 1. The lowest BCUT2D eigenvalue weighted by atomic mass is 9.95. The Kier molecular flexibility index (Phi) is 3.74. The minimum absolute atomic E-state index is 0.0137. The number of nitrogens with zero attached hydrogens (tertiary/aromatic N) is 3. The summed E-state index contributed by atoms with van der Waals surface area (Å²) in [5.74, 6) is 1.35. The highest BCUT2D eigenvalue weighted by atomic mass is 32.1. The van der Waals surface area contributed by atoms with Crippen molar-refractivity contribution in [2.45, 2.75) is 6.42 Å². The molecule has 0 bridgehead atoms. The zero-order valence-electron chi connectivity index (χ0n) is 11.8. The third-order valence-electron chi connectivity index (χ3n) is 3.49. The van der Waals surface area contributed by atoms with Crippen molar-refractivity contribution in [2.75, 3.05) is 25.7 Å². The van der Waals surface area contributed by atoms with E-state index in [1.54, 1.807) is 19.7 Å². The normalized spacial score (nSPS) is 16.8. The molecule has 0 saturated heterocycles. The van der Waals surface area contributed by atoms with Crippen molar-refractivity contribution in [3.05, 3.63) is 29.3 Å². The van der Waals surface area contributed by atoms with Crippen LogP contribution in [-0.4, -0.2) is 36.9 Å². The van der Waals surface area contributed by atoms with Crippen LogP contribution in [0.3, 0.4) is 0 Å². The number of methoxy groups -OCH3 is 1. The van der Waals surface area contributed by atoms with E-state index in [2.05, 4.69) is 10.2 Å². The summed E-state index contributed by atoms with van der Waals surface area (Å²) in [5, 5.41) is 8.27. The van der Waals surface area contributed by atoms with E-state index in [4.69, 9.17) is 9.47 Å². The molecule has 0 aliphatic carbocycles. The fraction of sp³-hybridized carbons (Fsp3) is 0.357. The van der Waals surface area contributed by atoms with Gasteiger partial charge in [0.2, 0.25) is 11.0 Å². The molecule has 0 radical (unpaired) electrons. The molecule has 1 aliphatic heterocycles. The van der Waals surface area contributed by atoms with Gasteiger partial charge in [0.1, 0.15) is 23.6 Å². The van der Waals surface area contributed by atoms with E-state index in [-0.39, 0.29) is 11.8 Å². The summed E-state index contributed by atoms with van der Waals surface area (Å²) >= 11 is 1.34. The van der Waals surface area contributed by atoms with Gasteiger partial charge in [-0.3, -0.25) is 9.69 Å². The molecule has 1 atom stereocenters. The SMILES string of the molecule is COc1ccc2c(c1)CC(C(=O)N(C)c1nncs1)CO2. The summed E-state index contributed by atoms with van der Waals surface area (Å²) in [5.41, 5.74) is 2.60. The lowest BCUT2D eigenvalue weighted by Gasteiger charge is -2.27. The molecule has 1 unspecified atom stereocenters. The molecule has 1 aromatic heterocycles. The van der Waals surface area contributed by atoms with Gasteiger partial charge >= 0.3 is 0 Å². The molecule has 7 heteroatoms. The Balaban J connectivity index is 1.77. The minimum atomic E-state index is -0.224. The third kappa shape index (κ3) is 2.69. The number of hydrogen-bond donors (Lipinski definition) is 0. The first kappa shape index (κ1) is 13.8. The number of amides is 1. The number of aromatic nitrogens is 2. The number of carbonyl (C=O) groups is 1. The highest BCUT2D eigenvalue weighted by Gasteiger charge is 2.29. The van der Waals surface area contributed by atoms with Crippen LogP contribution in [0.15, 0.2) is 23.7 Å². The smallest absolute Gasteiger partial charge is 0.235 e. The van der Waals surface area contributed by atoms with Gasteiger partial charge in [-0.05, 0) is 30.2 Å². The number of rotatable bonds is 3. The average molecular weight is 305 g/mol. The van der Waals surface area contributed by atoms with Crippen molar-refractivity contribution < 1.29 is 14.3 Å². The Hall–Kier alpha value is -2.15. The second-order valence-corrected chi connectivity index (χ2v) is 5.62. The van der Waals surface area contributed by atoms with Crippen molar-refractivity contribution in [2.24, 2.45) is 5.92 Å². The van der Waals surface area contributed by atoms with Crippen molar-refractivity contribution in [3.8, 4) is 11.5 Å². The Labute approximate surface area is 126 Å². The van der Waals surface area contributed by atoms with Crippen LogP contribution in [0.5, 0.6) is 11.5 Å². The van der Waals surface area contributed by atoms with Crippen LogP contribution in [0.2, 0.25) is 0 Å². The first-order valence-electron chi connectivity index (χ1n) is 6.52. The van der Waals surface area contributed by atoms with Crippen molar-refractivity contribution in [1.29, 1.82) is 0 Å². The molecule has 2 aromatic rings. The maximum absolute atomic E-state index is 12.5. The lowest BCUT2D eigenvalue weighted by Crippen LogP contribution is -2.38. The van der Waals surface area contributed by atoms with Crippen LogP contribution < -0.4 is 14.4 Å². The molecule has 3 rings (SSSR count). The van der Waals surface area contributed by atoms with Crippen LogP contribution >= 0.6 is 11.3 Å². The van der Waals surface area contributed by atoms with Crippen LogP contribution in [0.25, 0.3) is 0 Å². The van der Waals surface area contributed by atoms with Gasteiger partial charge in [0.05, 0.1) is 13.0 Å². The molecule has 110 valence electrons. The molecule has 0 N–H and O–H groups in total. The van der Waals surface area contributed by atoms with E-state index in [1.165, 1.54) is 16.2 Å². The summed E-state index contributed by atoms with van der Waals surface area (Å²) < 4.78 is 10.9. The van der Waals surface area contributed by atoms with E-state index >= 15 is 0 Å². The summed E-state index contributed by atoms with van der Waals surface area (Å²) in [7, 11) is 3.33. The number of benzene rings is 1. The zero-order chi connectivity index (χ0) is 14.8. The van der Waals surface area contributed by atoms with Crippen molar-refractivity contribution >= 4 is 22.4 Å². The number of ether oxygens (including phenoxy) is 2. The summed E-state index contributed by atoms with van der Waals surface area (Å²) in [6.07, 6.45) is 0.633. The second kappa shape index (κ2) is 5.69. The van der Waals surface area contributed by atoms with Gasteiger partial charge in [0.25, 0.3) is 0 Å². The van der Waals surface area contributed by atoms with Crippen molar-refractivity contribution in [3.63, 3.8) is 0 Å². The van der Waals surface area contributed by atoms with Crippen LogP contribution in [0.1, 0.15) is 5.56 Å². The Morgan fingerprint density at radius 2 is 2.38 bits per heavy atom. The van der Waals surface area contributed by atoms with Gasteiger partial charge in [-0.15, -0.1) is 10.2 Å². The topological polar surface area (TPSA) is 64.5 Å². The molecule has 0 saturated carbocycles. The highest BCUT2D eigenvalue weighted by molar-refractivity contribution is 7.13. The molecule has 1 aliphatic rings. The minimum Gasteiger partial charge on any atom is -0.497 e. The summed E-state index contributed by atoms with van der Waals surface area (Å²) in [4.78, 5) is 14.1. The monoisotopic (exact) mass is 305 g/mol. The molecular formula is C14H15N3O3S. The Morgan fingerprint density at radius 1 is 1.52 bits per heavy atom. The maximum Gasteiger partial charge on any atom is 0.235 e. The van der Waals surface area contributed by atoms with Crippen molar-refractivity contribution in [1.82, 2.24) is 10.2 Å². The van der Waals surface area contributed by atoms with Gasteiger partial charge in [0, 0.05) is 7.05 Å². The third-order valence-corrected chi connectivity index (χ3v) is 4.26. The standard InChI is InChI=1S/C14H15N3O3S/c1-17(14-16-15-8-21-14)13(18)10-5-9-6-11(19-2)3-4-12(9)20-7-10/h3-4,6,8,10H,5,7H2,1-2H3. The van der Waals surface area contributed by atoms with Crippen LogP contribution in [0.4, 0.5) is 5.13 Å². The second-order valence-electron chi connectivity index (χ2n) is 4.80. The zero-order valence-corrected chi connectivity index (χ0v) is 12.6. The van der Waals surface area contributed by atoms with E-state index in [0.29, 0.717) is 18.2 Å². The summed E-state index contributed by atoms with van der Waals surface area (Å²) in [6.45, 7) is 0.376. The average Bonchev–Trinajstić information content (AvgIpc) is 3.06. The quantitative estimate of drug-likeness (QED) is 0.864. The number of anilines is 1. The molecule has 6 nitrogen and oxygen atoms in total. The molecule has 2 heterocycles. The molecule has 1 amide bonds. The van der Waals surface area contributed by atoms with E-state index in [1.807, 2.05) is 18.2 Å². The van der Waals surface area contributed by atoms with E-state index < -0.39 is 0 Å². The maximum atomic E-state index is 12.5. The number of hydrogen-bond acceptors (Lipinski definition) is 6. The fourth-order valence-corrected chi connectivity index (χ4v) is 2.87. The van der Waals surface area contributed by atoms with Gasteiger partial charge in [0.15, 0.2) is 0 Å². The predicted octanol–water partition coefficient (Wildman–Crippen LogP) is 1.76. The molecule has 0 spiro atoms. The van der Waals surface area contributed by atoms with E-state index in [9.17, 15) is 4.79 Å². The van der Waals surface area contributed by atoms with E-state index in [0.717, 1.165) is 17.1 Å². The summed E-state index contributed by atoms with van der Waals surface area (Å²) in [6, 6.07) is 5.65. The van der Waals surface area contributed by atoms with Gasteiger partial charge in [-0.25, -0.2) is 0 Å². The molecule has 0 fully saturated rings. The van der Waals surface area contributed by atoms with Gasteiger partial charge in [-0.1, -0.05) is 11.3 Å². The lowest BCUT2D eigenvalue weighted by molar-refractivity contribution is -0.123. The highest BCUT2D eigenvalue weighted by Crippen LogP contribution is 2.31. The fourth-order valence-electron chi connectivity index (χ4n) is 2.34. The molecule has 1 aromatic carbocycles. The molecule has 21 heavy (non-hydrogen) atoms. The molecular weight excluding hydrogens is 290 g/mol. The number of fused-ring (bicyclic) bond motifs is 1. The van der Waals surface area contributed by atoms with Gasteiger partial charge < -0.3 is 9.47 Å². The predicted molar refractivity (Wildman–Crippen MR) is 79.0 cm³/mol. The Bertz CT molecular complexity index is 645. The van der Waals surface area contributed by atoms with Crippen LogP contribution in [-0.2, 0) is 11.2 Å².